The number of nitrogens with zero attached hydrogens (tertiary/aromatic N) is 3. The van der Waals surface area contributed by atoms with E-state index in [4.69, 9.17) is 31.4 Å². The predicted octanol–water partition coefficient (Wildman–Crippen LogP) is 2.21. The number of piperazine rings is 1. The third-order valence-corrected chi connectivity index (χ3v) is 4.37. The molecule has 0 radical (unpaired) electrons. The molecule has 2 N–H and O–H groups in total. The van der Waals surface area contributed by atoms with Gasteiger partial charge in [0, 0.05) is 56.7 Å². The average Bonchev–Trinajstić information content (AvgIpc) is 2.66. The topological polar surface area (TPSA) is 94.0 Å². The molecule has 2 heterocycles. The molecule has 8 heteroatoms. The number of aliphatic carboxylic acids is 2. The molecule has 27 heavy (non-hydrogen) atoms. The second-order valence-corrected chi connectivity index (χ2v) is 6.58. The molecule has 1 fully saturated rings. The Morgan fingerprint density at radius 1 is 0.815 bits per heavy atom. The van der Waals surface area contributed by atoms with Gasteiger partial charge in [-0.3, -0.25) is 14.8 Å². The predicted molar refractivity (Wildman–Crippen MR) is 102 cm³/mol. The van der Waals surface area contributed by atoms with Crippen molar-refractivity contribution in [2.24, 2.45) is 0 Å². The lowest BCUT2D eigenvalue weighted by Crippen LogP contribution is -2.45. The number of benzene rings is 1. The Bertz CT molecular complexity index is 720. The minimum atomic E-state index is -1.82. The summed E-state index contributed by atoms with van der Waals surface area (Å²) < 4.78 is 0. The molecule has 1 saturated heterocycles. The van der Waals surface area contributed by atoms with Crippen molar-refractivity contribution in [1.82, 2.24) is 14.8 Å². The van der Waals surface area contributed by atoms with Crippen LogP contribution in [0.1, 0.15) is 11.1 Å². The fraction of sp³-hybridized carbons (Fsp3) is 0.316. The van der Waals surface area contributed by atoms with Crippen molar-refractivity contribution >= 4 is 23.5 Å². The number of pyridine rings is 1. The maximum Gasteiger partial charge on any atom is 0.414 e. The lowest BCUT2D eigenvalue weighted by atomic mass is 10.2. The van der Waals surface area contributed by atoms with Gasteiger partial charge >= 0.3 is 11.9 Å². The minimum Gasteiger partial charge on any atom is -0.473 e. The van der Waals surface area contributed by atoms with Gasteiger partial charge < -0.3 is 10.2 Å². The number of aromatic nitrogens is 1. The Morgan fingerprint density at radius 3 is 1.63 bits per heavy atom. The van der Waals surface area contributed by atoms with Gasteiger partial charge in [-0.05, 0) is 35.4 Å². The second-order valence-electron chi connectivity index (χ2n) is 6.14. The van der Waals surface area contributed by atoms with Gasteiger partial charge in [0.25, 0.3) is 0 Å². The monoisotopic (exact) mass is 391 g/mol. The van der Waals surface area contributed by atoms with Gasteiger partial charge in [0.2, 0.25) is 0 Å². The highest BCUT2D eigenvalue weighted by Crippen LogP contribution is 2.13. The minimum absolute atomic E-state index is 0.806. The van der Waals surface area contributed by atoms with Crippen LogP contribution in [0.3, 0.4) is 0 Å². The van der Waals surface area contributed by atoms with Crippen LogP contribution in [0.5, 0.6) is 0 Å². The first-order chi connectivity index (χ1) is 12.9. The number of halogens is 1. The van der Waals surface area contributed by atoms with Crippen molar-refractivity contribution in [1.29, 1.82) is 0 Å². The van der Waals surface area contributed by atoms with Crippen LogP contribution in [0.15, 0.2) is 48.8 Å². The van der Waals surface area contributed by atoms with E-state index >= 15 is 0 Å². The number of hydrogen-bond acceptors (Lipinski definition) is 5. The second kappa shape index (κ2) is 10.6. The summed E-state index contributed by atoms with van der Waals surface area (Å²) in [6.07, 6.45) is 3.73. The molecule has 1 aliphatic heterocycles. The molecule has 1 aliphatic rings. The molecule has 0 atom stereocenters. The van der Waals surface area contributed by atoms with Gasteiger partial charge in [0.1, 0.15) is 0 Å². The van der Waals surface area contributed by atoms with Crippen molar-refractivity contribution in [3.05, 3.63) is 64.9 Å². The average molecular weight is 392 g/mol. The van der Waals surface area contributed by atoms with Gasteiger partial charge in [-0.25, -0.2) is 9.59 Å². The molecule has 0 unspecified atom stereocenters. The molecule has 1 aromatic carbocycles. The molecular weight excluding hydrogens is 370 g/mol. The van der Waals surface area contributed by atoms with Gasteiger partial charge in [-0.15, -0.1) is 0 Å². The third-order valence-electron chi connectivity index (χ3n) is 4.12. The molecule has 0 saturated carbocycles. The van der Waals surface area contributed by atoms with Crippen molar-refractivity contribution in [3.63, 3.8) is 0 Å². The first kappa shape index (κ1) is 20.8. The molecular formula is C19H22ClN3O4. The summed E-state index contributed by atoms with van der Waals surface area (Å²) in [5.74, 6) is -3.65. The van der Waals surface area contributed by atoms with E-state index in [0.717, 1.165) is 44.3 Å². The van der Waals surface area contributed by atoms with Crippen molar-refractivity contribution in [2.75, 3.05) is 26.2 Å². The summed E-state index contributed by atoms with van der Waals surface area (Å²) in [6.45, 7) is 6.52. The van der Waals surface area contributed by atoms with E-state index in [1.54, 1.807) is 0 Å². The molecule has 0 aliphatic carbocycles. The van der Waals surface area contributed by atoms with Crippen molar-refractivity contribution < 1.29 is 19.8 Å². The maximum absolute atomic E-state index is 9.10. The fourth-order valence-electron chi connectivity index (χ4n) is 2.70. The summed E-state index contributed by atoms with van der Waals surface area (Å²) >= 11 is 5.93. The first-order valence-electron chi connectivity index (χ1n) is 8.48. The van der Waals surface area contributed by atoms with E-state index in [-0.39, 0.29) is 0 Å². The molecule has 2 aromatic rings. The van der Waals surface area contributed by atoms with Crippen LogP contribution >= 0.6 is 11.6 Å². The number of rotatable bonds is 4. The normalized spacial score (nSPS) is 14.9. The highest BCUT2D eigenvalue weighted by atomic mass is 35.5. The summed E-state index contributed by atoms with van der Waals surface area (Å²) in [6, 6.07) is 12.4. The van der Waals surface area contributed by atoms with Crippen LogP contribution in [0, 0.1) is 0 Å². The lowest BCUT2D eigenvalue weighted by molar-refractivity contribution is -0.159. The van der Waals surface area contributed by atoms with Crippen LogP contribution in [0.25, 0.3) is 0 Å². The fourth-order valence-corrected chi connectivity index (χ4v) is 2.83. The Labute approximate surface area is 162 Å². The maximum atomic E-state index is 9.10. The summed E-state index contributed by atoms with van der Waals surface area (Å²) in [5, 5.41) is 15.6. The quantitative estimate of drug-likeness (QED) is 0.771. The zero-order valence-corrected chi connectivity index (χ0v) is 15.5. The number of carboxylic acids is 2. The molecule has 1 aromatic heterocycles. The molecule has 0 amide bonds. The van der Waals surface area contributed by atoms with Crippen LogP contribution in [-0.2, 0) is 22.7 Å². The van der Waals surface area contributed by atoms with E-state index in [2.05, 4.69) is 39.0 Å². The standard InChI is InChI=1S/C17H20ClN3.C2H2O4/c18-17-3-1-15(2-4-17)13-20-9-11-21(12-10-20)14-16-5-7-19-8-6-16;3-1(4)2(5)6/h1-8H,9-14H2;(H,3,4)(H,5,6). The molecule has 7 nitrogen and oxygen atoms in total. The smallest absolute Gasteiger partial charge is 0.414 e. The number of hydrogen-bond donors (Lipinski definition) is 2. The highest BCUT2D eigenvalue weighted by molar-refractivity contribution is 6.30. The van der Waals surface area contributed by atoms with Gasteiger partial charge in [0.05, 0.1) is 0 Å². The lowest BCUT2D eigenvalue weighted by Gasteiger charge is -2.34. The van der Waals surface area contributed by atoms with Crippen molar-refractivity contribution in [2.45, 2.75) is 13.1 Å². The Hall–Kier alpha value is -2.48. The third kappa shape index (κ3) is 7.74. The molecule has 0 bridgehead atoms. The van der Waals surface area contributed by atoms with E-state index < -0.39 is 11.9 Å². The van der Waals surface area contributed by atoms with Crippen molar-refractivity contribution in [3.8, 4) is 0 Å². The van der Waals surface area contributed by atoms with E-state index in [1.165, 1.54) is 11.1 Å². The summed E-state index contributed by atoms with van der Waals surface area (Å²) in [5.41, 5.74) is 2.68. The largest absolute Gasteiger partial charge is 0.473 e. The van der Waals surface area contributed by atoms with Crippen LogP contribution in [0.4, 0.5) is 0 Å². The summed E-state index contributed by atoms with van der Waals surface area (Å²) in [4.78, 5) is 27.3. The Balaban J connectivity index is 0.000000380. The van der Waals surface area contributed by atoms with E-state index in [9.17, 15) is 0 Å². The highest BCUT2D eigenvalue weighted by Gasteiger charge is 2.16. The van der Waals surface area contributed by atoms with Crippen LogP contribution in [0.2, 0.25) is 5.02 Å². The summed E-state index contributed by atoms with van der Waals surface area (Å²) in [7, 11) is 0. The molecule has 0 spiro atoms. The van der Waals surface area contributed by atoms with Gasteiger partial charge in [-0.1, -0.05) is 23.7 Å². The SMILES string of the molecule is Clc1ccc(CN2CCN(Cc3ccncc3)CC2)cc1.O=C(O)C(=O)O. The first-order valence-corrected chi connectivity index (χ1v) is 8.86. The number of carboxylic acid groups (broad SMARTS) is 2. The molecule has 3 rings (SSSR count). The van der Waals surface area contributed by atoms with Crippen LogP contribution < -0.4 is 0 Å². The molecule has 144 valence electrons. The van der Waals surface area contributed by atoms with Gasteiger partial charge in [0.15, 0.2) is 0 Å². The van der Waals surface area contributed by atoms with Crippen LogP contribution in [-0.4, -0.2) is 63.1 Å². The Morgan fingerprint density at radius 2 is 1.22 bits per heavy atom. The van der Waals surface area contributed by atoms with E-state index in [1.807, 2.05) is 24.5 Å². The number of carbonyl (C=O) groups is 2. The zero-order chi connectivity index (χ0) is 19.6. The van der Waals surface area contributed by atoms with Gasteiger partial charge in [-0.2, -0.15) is 0 Å². The Kier molecular flexibility index (Phi) is 8.19. The van der Waals surface area contributed by atoms with E-state index in [0.29, 0.717) is 0 Å². The zero-order valence-electron chi connectivity index (χ0n) is 14.8.